The quantitative estimate of drug-likeness (QED) is 0.551. The van der Waals surface area contributed by atoms with E-state index in [1.807, 2.05) is 0 Å². The van der Waals surface area contributed by atoms with Gasteiger partial charge in [0.2, 0.25) is 0 Å². The molecule has 0 radical (unpaired) electrons. The van der Waals surface area contributed by atoms with Crippen molar-refractivity contribution >= 4 is 0 Å². The number of unbranched alkanes of at least 4 members (excludes halogenated alkanes) is 4. The minimum absolute atomic E-state index is 0.811. The van der Waals surface area contributed by atoms with Crippen LogP contribution in [-0.4, -0.2) is 32.1 Å². The summed E-state index contributed by atoms with van der Waals surface area (Å²) in [6, 6.07) is 8.51. The van der Waals surface area contributed by atoms with E-state index >= 15 is 0 Å². The summed E-state index contributed by atoms with van der Waals surface area (Å²) in [5, 5.41) is 0. The molecule has 0 atom stereocenters. The van der Waals surface area contributed by atoms with Gasteiger partial charge in [-0.15, -0.1) is 0 Å². The molecular weight excluding hydrogens is 246 g/mol. The van der Waals surface area contributed by atoms with Crippen molar-refractivity contribution in [2.24, 2.45) is 0 Å². The Hall–Kier alpha value is -1.02. The molecule has 2 nitrogen and oxygen atoms in total. The molecule has 0 bridgehead atoms. The van der Waals surface area contributed by atoms with Crippen molar-refractivity contribution in [3.63, 3.8) is 0 Å². The predicted octanol–water partition coefficient (Wildman–Crippen LogP) is 4.53. The van der Waals surface area contributed by atoms with E-state index in [4.69, 9.17) is 4.74 Å². The predicted molar refractivity (Wildman–Crippen MR) is 87.6 cm³/mol. The van der Waals surface area contributed by atoms with Crippen LogP contribution in [0, 0.1) is 0 Å². The van der Waals surface area contributed by atoms with Gasteiger partial charge in [0.25, 0.3) is 0 Å². The highest BCUT2D eigenvalue weighted by Gasteiger charge is 2.03. The topological polar surface area (TPSA) is 12.5 Å². The Kier molecular flexibility index (Phi) is 9.14. The van der Waals surface area contributed by atoms with E-state index < -0.39 is 0 Å². The second-order valence-electron chi connectivity index (χ2n) is 5.78. The maximum atomic E-state index is 5.94. The van der Waals surface area contributed by atoms with Crippen LogP contribution in [0.15, 0.2) is 24.3 Å². The highest BCUT2D eigenvalue weighted by Crippen LogP contribution is 2.21. The van der Waals surface area contributed by atoms with Gasteiger partial charge in [0, 0.05) is 6.54 Å². The third-order valence-electron chi connectivity index (χ3n) is 3.53. The van der Waals surface area contributed by atoms with Crippen LogP contribution < -0.4 is 4.74 Å². The number of para-hydroxylation sites is 1. The van der Waals surface area contributed by atoms with Crippen molar-refractivity contribution in [2.45, 2.75) is 51.9 Å². The first kappa shape index (κ1) is 17.0. The van der Waals surface area contributed by atoms with Gasteiger partial charge in [-0.05, 0) is 45.0 Å². The van der Waals surface area contributed by atoms with Gasteiger partial charge in [-0.1, -0.05) is 50.8 Å². The summed E-state index contributed by atoms with van der Waals surface area (Å²) in [5.74, 6) is 1.08. The van der Waals surface area contributed by atoms with Crippen LogP contribution in [0.4, 0.5) is 0 Å². The summed E-state index contributed by atoms with van der Waals surface area (Å²) in [6.45, 7) is 4.15. The molecule has 1 rings (SSSR count). The summed E-state index contributed by atoms with van der Waals surface area (Å²) in [7, 11) is 4.20. The smallest absolute Gasteiger partial charge is 0.122 e. The lowest BCUT2D eigenvalue weighted by atomic mass is 10.0. The fourth-order valence-corrected chi connectivity index (χ4v) is 2.33. The maximum absolute atomic E-state index is 5.94. The van der Waals surface area contributed by atoms with E-state index in [0.29, 0.717) is 0 Å². The summed E-state index contributed by atoms with van der Waals surface area (Å²) in [5.41, 5.74) is 1.37. The molecule has 0 unspecified atom stereocenters. The largest absolute Gasteiger partial charge is 0.493 e. The van der Waals surface area contributed by atoms with Crippen molar-refractivity contribution < 1.29 is 4.74 Å². The molecule has 114 valence electrons. The van der Waals surface area contributed by atoms with Crippen LogP contribution in [0.25, 0.3) is 0 Å². The van der Waals surface area contributed by atoms with Crippen molar-refractivity contribution in [2.75, 3.05) is 27.2 Å². The molecule has 0 fully saturated rings. The number of benzene rings is 1. The minimum atomic E-state index is 0.811. The van der Waals surface area contributed by atoms with E-state index in [0.717, 1.165) is 31.7 Å². The number of rotatable bonds is 11. The number of hydrogen-bond acceptors (Lipinski definition) is 2. The molecule has 20 heavy (non-hydrogen) atoms. The molecule has 0 N–H and O–H groups in total. The first-order valence-corrected chi connectivity index (χ1v) is 8.09. The van der Waals surface area contributed by atoms with Gasteiger partial charge in [0.05, 0.1) is 6.61 Å². The molecule has 0 amide bonds. The van der Waals surface area contributed by atoms with Gasteiger partial charge >= 0.3 is 0 Å². The van der Waals surface area contributed by atoms with E-state index in [1.165, 1.54) is 37.7 Å². The van der Waals surface area contributed by atoms with Crippen molar-refractivity contribution in [1.29, 1.82) is 0 Å². The molecule has 0 saturated carbocycles. The molecular formula is C18H31NO. The highest BCUT2D eigenvalue weighted by molar-refractivity contribution is 5.33. The fourth-order valence-electron chi connectivity index (χ4n) is 2.33. The van der Waals surface area contributed by atoms with E-state index in [-0.39, 0.29) is 0 Å². The number of aryl methyl sites for hydroxylation is 1. The van der Waals surface area contributed by atoms with Gasteiger partial charge in [0.1, 0.15) is 5.75 Å². The van der Waals surface area contributed by atoms with Gasteiger partial charge in [0.15, 0.2) is 0 Å². The minimum Gasteiger partial charge on any atom is -0.493 e. The van der Waals surface area contributed by atoms with E-state index in [9.17, 15) is 0 Å². The zero-order valence-corrected chi connectivity index (χ0v) is 13.5. The molecule has 0 spiro atoms. The molecule has 0 heterocycles. The SMILES string of the molecule is CCCCCCCc1ccccc1OCCCN(C)C. The first-order chi connectivity index (χ1) is 9.74. The molecule has 1 aromatic carbocycles. The van der Waals surface area contributed by atoms with Gasteiger partial charge in [-0.3, -0.25) is 0 Å². The summed E-state index contributed by atoms with van der Waals surface area (Å²) >= 11 is 0. The molecule has 0 aromatic heterocycles. The molecule has 2 heteroatoms. The number of ether oxygens (including phenoxy) is 1. The average Bonchev–Trinajstić information content (AvgIpc) is 2.44. The highest BCUT2D eigenvalue weighted by atomic mass is 16.5. The number of nitrogens with zero attached hydrogens (tertiary/aromatic N) is 1. The molecule has 0 aliphatic rings. The van der Waals surface area contributed by atoms with Crippen LogP contribution in [0.3, 0.4) is 0 Å². The molecule has 0 aliphatic carbocycles. The Morgan fingerprint density at radius 3 is 2.45 bits per heavy atom. The Balaban J connectivity index is 2.31. The van der Waals surface area contributed by atoms with Crippen molar-refractivity contribution in [3.05, 3.63) is 29.8 Å². The lowest BCUT2D eigenvalue weighted by Gasteiger charge is -2.13. The normalized spacial score (nSPS) is 11.0. The zero-order valence-electron chi connectivity index (χ0n) is 13.5. The summed E-state index contributed by atoms with van der Waals surface area (Å²) in [6.07, 6.45) is 8.88. The lowest BCUT2D eigenvalue weighted by Crippen LogP contribution is -2.15. The molecule has 1 aromatic rings. The summed E-state index contributed by atoms with van der Waals surface area (Å²) in [4.78, 5) is 2.20. The molecule has 0 aliphatic heterocycles. The van der Waals surface area contributed by atoms with Gasteiger partial charge in [-0.2, -0.15) is 0 Å². The number of hydrogen-bond donors (Lipinski definition) is 0. The molecule has 0 saturated heterocycles. The first-order valence-electron chi connectivity index (χ1n) is 8.09. The second-order valence-corrected chi connectivity index (χ2v) is 5.78. The fraction of sp³-hybridized carbons (Fsp3) is 0.667. The Bertz CT molecular complexity index is 349. The van der Waals surface area contributed by atoms with Gasteiger partial charge < -0.3 is 9.64 Å². The average molecular weight is 277 g/mol. The second kappa shape index (κ2) is 10.7. The van der Waals surface area contributed by atoms with Crippen LogP contribution in [0.1, 0.15) is 51.0 Å². The van der Waals surface area contributed by atoms with Gasteiger partial charge in [-0.25, -0.2) is 0 Å². The van der Waals surface area contributed by atoms with Crippen LogP contribution in [0.2, 0.25) is 0 Å². The Morgan fingerprint density at radius 2 is 1.70 bits per heavy atom. The van der Waals surface area contributed by atoms with E-state index in [1.54, 1.807) is 0 Å². The zero-order chi connectivity index (χ0) is 14.6. The van der Waals surface area contributed by atoms with Crippen molar-refractivity contribution in [3.8, 4) is 5.75 Å². The Morgan fingerprint density at radius 1 is 0.950 bits per heavy atom. The van der Waals surface area contributed by atoms with Crippen LogP contribution in [-0.2, 0) is 6.42 Å². The van der Waals surface area contributed by atoms with Crippen LogP contribution in [0.5, 0.6) is 5.75 Å². The third kappa shape index (κ3) is 7.54. The standard InChI is InChI=1S/C18H31NO/c1-4-5-6-7-8-12-17-13-9-10-14-18(17)20-16-11-15-19(2)3/h9-10,13-14H,4-8,11-12,15-16H2,1-3H3. The third-order valence-corrected chi connectivity index (χ3v) is 3.53. The lowest BCUT2D eigenvalue weighted by molar-refractivity contribution is 0.279. The van der Waals surface area contributed by atoms with Crippen molar-refractivity contribution in [1.82, 2.24) is 4.90 Å². The Labute approximate surface area is 125 Å². The van der Waals surface area contributed by atoms with E-state index in [2.05, 4.69) is 50.2 Å². The summed E-state index contributed by atoms with van der Waals surface area (Å²) < 4.78 is 5.94. The van der Waals surface area contributed by atoms with Crippen LogP contribution >= 0.6 is 0 Å². The monoisotopic (exact) mass is 277 g/mol. The maximum Gasteiger partial charge on any atom is 0.122 e.